The average Bonchev–Trinajstić information content (AvgIpc) is 3.44. The zero-order valence-corrected chi connectivity index (χ0v) is 18.7. The fourth-order valence-electron chi connectivity index (χ4n) is 4.75. The van der Waals surface area contributed by atoms with E-state index in [1.165, 1.54) is 36.3 Å². The van der Waals surface area contributed by atoms with Crippen LogP contribution in [-0.4, -0.2) is 41.0 Å². The van der Waals surface area contributed by atoms with E-state index in [4.69, 9.17) is 19.6 Å². The summed E-state index contributed by atoms with van der Waals surface area (Å²) in [5.41, 5.74) is 1.54. The molecule has 2 fully saturated rings. The Morgan fingerprint density at radius 3 is 2.53 bits per heavy atom. The molecule has 4 rings (SSSR count). The molecule has 0 unspecified atom stereocenters. The van der Waals surface area contributed by atoms with Gasteiger partial charge in [0.1, 0.15) is 0 Å². The highest BCUT2D eigenvalue weighted by atomic mass is 32.1. The van der Waals surface area contributed by atoms with E-state index < -0.39 is 12.1 Å². The van der Waals surface area contributed by atoms with Gasteiger partial charge < -0.3 is 15.2 Å². The fourth-order valence-corrected chi connectivity index (χ4v) is 5.42. The summed E-state index contributed by atoms with van der Waals surface area (Å²) in [6.07, 6.45) is 5.32. The lowest BCUT2D eigenvalue weighted by atomic mass is 9.68. The zero-order valence-electron chi connectivity index (χ0n) is 17.9. The number of thiophene rings is 1. The van der Waals surface area contributed by atoms with E-state index in [0.717, 1.165) is 39.0 Å². The SMILES string of the molecule is O=C(O)C(F)(F)F.c1ccc([C@]2(CCNCc3cccs3)CCOC3(CCCC3)C2)nc1. The van der Waals surface area contributed by atoms with Crippen molar-refractivity contribution < 1.29 is 27.8 Å². The van der Waals surface area contributed by atoms with Gasteiger partial charge in [-0.3, -0.25) is 4.98 Å². The number of hydrogen-bond donors (Lipinski definition) is 2. The standard InChI is InChI=1S/C21H28N2OS.C2HF3O2/c1-4-12-23-19(7-1)20(10-13-22-16-18-6-5-15-25-18)11-14-24-21(17-20)8-2-3-9-21;3-2(4,5)1(6)7/h1,4-7,12,15,22H,2-3,8-11,13-14,16-17H2;(H,6,7)/t20-;/m1./s1. The first-order valence-electron chi connectivity index (χ1n) is 10.8. The second-order valence-electron chi connectivity index (χ2n) is 8.47. The minimum absolute atomic E-state index is 0.115. The van der Waals surface area contributed by atoms with Crippen LogP contribution < -0.4 is 5.32 Å². The van der Waals surface area contributed by atoms with E-state index in [9.17, 15) is 13.2 Å². The number of ether oxygens (including phenoxy) is 1. The molecule has 0 bridgehead atoms. The van der Waals surface area contributed by atoms with E-state index in [1.54, 1.807) is 0 Å². The first-order chi connectivity index (χ1) is 15.2. The van der Waals surface area contributed by atoms with E-state index in [-0.39, 0.29) is 11.0 Å². The van der Waals surface area contributed by atoms with Gasteiger partial charge in [-0.15, -0.1) is 11.3 Å². The maximum atomic E-state index is 10.6. The molecule has 1 spiro atoms. The predicted octanol–water partition coefficient (Wildman–Crippen LogP) is 5.32. The molecule has 1 saturated carbocycles. The molecule has 2 aromatic rings. The van der Waals surface area contributed by atoms with Crippen molar-refractivity contribution in [2.75, 3.05) is 13.2 Å². The van der Waals surface area contributed by atoms with Crippen molar-refractivity contribution in [3.63, 3.8) is 0 Å². The first-order valence-corrected chi connectivity index (χ1v) is 11.7. The second kappa shape index (κ2) is 10.8. The molecule has 2 aromatic heterocycles. The summed E-state index contributed by atoms with van der Waals surface area (Å²) in [6, 6.07) is 10.7. The lowest BCUT2D eigenvalue weighted by Gasteiger charge is -2.46. The van der Waals surface area contributed by atoms with E-state index in [0.29, 0.717) is 0 Å². The Morgan fingerprint density at radius 2 is 1.94 bits per heavy atom. The predicted molar refractivity (Wildman–Crippen MR) is 117 cm³/mol. The molecule has 0 aromatic carbocycles. The monoisotopic (exact) mass is 470 g/mol. The number of rotatable bonds is 6. The van der Waals surface area contributed by atoms with Gasteiger partial charge in [0.2, 0.25) is 0 Å². The largest absolute Gasteiger partial charge is 0.490 e. The first kappa shape index (κ1) is 24.7. The van der Waals surface area contributed by atoms with Crippen molar-refractivity contribution in [1.29, 1.82) is 0 Å². The number of carboxylic acids is 1. The second-order valence-corrected chi connectivity index (χ2v) is 9.50. The van der Waals surface area contributed by atoms with Gasteiger partial charge in [0.05, 0.1) is 5.60 Å². The van der Waals surface area contributed by atoms with Crippen molar-refractivity contribution in [1.82, 2.24) is 10.3 Å². The van der Waals surface area contributed by atoms with Crippen LogP contribution in [0, 0.1) is 0 Å². The highest BCUT2D eigenvalue weighted by Gasteiger charge is 2.48. The number of carbonyl (C=O) groups is 1. The smallest absolute Gasteiger partial charge is 0.475 e. The highest BCUT2D eigenvalue weighted by Crippen LogP contribution is 2.49. The molecule has 9 heteroatoms. The van der Waals surface area contributed by atoms with Crippen LogP contribution >= 0.6 is 11.3 Å². The van der Waals surface area contributed by atoms with Gasteiger partial charge in [0, 0.05) is 35.3 Å². The van der Waals surface area contributed by atoms with Crippen LogP contribution in [0.3, 0.4) is 0 Å². The minimum Gasteiger partial charge on any atom is -0.475 e. The maximum absolute atomic E-state index is 10.6. The van der Waals surface area contributed by atoms with Crippen LogP contribution in [0.15, 0.2) is 41.9 Å². The molecule has 1 aliphatic carbocycles. The maximum Gasteiger partial charge on any atom is 0.490 e. The van der Waals surface area contributed by atoms with E-state index >= 15 is 0 Å². The third-order valence-electron chi connectivity index (χ3n) is 6.27. The van der Waals surface area contributed by atoms with Crippen LogP contribution in [0.25, 0.3) is 0 Å². The van der Waals surface area contributed by atoms with Gasteiger partial charge in [-0.1, -0.05) is 25.0 Å². The molecular formula is C23H29F3N2O3S. The number of aliphatic carboxylic acids is 1. The minimum atomic E-state index is -5.08. The molecule has 1 aliphatic heterocycles. The molecule has 32 heavy (non-hydrogen) atoms. The molecular weight excluding hydrogens is 441 g/mol. The number of nitrogens with zero attached hydrogens (tertiary/aromatic N) is 1. The Hall–Kier alpha value is -1.97. The van der Waals surface area contributed by atoms with Crippen LogP contribution in [0.1, 0.15) is 55.5 Å². The van der Waals surface area contributed by atoms with Crippen LogP contribution in [0.4, 0.5) is 13.2 Å². The number of nitrogens with one attached hydrogen (secondary N) is 1. The van der Waals surface area contributed by atoms with Crippen LogP contribution in [0.2, 0.25) is 0 Å². The number of carboxylic acid groups (broad SMARTS) is 1. The average molecular weight is 471 g/mol. The Labute approximate surface area is 190 Å². The number of halogens is 3. The molecule has 1 saturated heterocycles. The molecule has 0 radical (unpaired) electrons. The lowest BCUT2D eigenvalue weighted by molar-refractivity contribution is -0.192. The van der Waals surface area contributed by atoms with Crippen LogP contribution in [-0.2, 0) is 21.5 Å². The topological polar surface area (TPSA) is 71.5 Å². The van der Waals surface area contributed by atoms with Gasteiger partial charge >= 0.3 is 12.1 Å². The number of alkyl halides is 3. The van der Waals surface area contributed by atoms with Gasteiger partial charge in [0.25, 0.3) is 0 Å². The van der Waals surface area contributed by atoms with Gasteiger partial charge in [0.15, 0.2) is 0 Å². The highest BCUT2D eigenvalue weighted by molar-refractivity contribution is 7.09. The van der Waals surface area contributed by atoms with Crippen molar-refractivity contribution in [3.05, 3.63) is 52.5 Å². The van der Waals surface area contributed by atoms with Crippen molar-refractivity contribution in [2.24, 2.45) is 0 Å². The quantitative estimate of drug-likeness (QED) is 0.560. The molecule has 2 N–H and O–H groups in total. The van der Waals surface area contributed by atoms with Crippen molar-refractivity contribution in [3.8, 4) is 0 Å². The molecule has 1 atom stereocenters. The summed E-state index contributed by atoms with van der Waals surface area (Å²) in [4.78, 5) is 15.1. The van der Waals surface area contributed by atoms with Gasteiger partial charge in [-0.2, -0.15) is 13.2 Å². The normalized spacial score (nSPS) is 22.3. The van der Waals surface area contributed by atoms with E-state index in [2.05, 4.69) is 35.0 Å². The van der Waals surface area contributed by atoms with Crippen LogP contribution in [0.5, 0.6) is 0 Å². The Kier molecular flexibility index (Phi) is 8.30. The molecule has 3 heterocycles. The number of pyridine rings is 1. The molecule has 0 amide bonds. The Morgan fingerprint density at radius 1 is 1.19 bits per heavy atom. The fraction of sp³-hybridized carbons (Fsp3) is 0.565. The number of hydrogen-bond acceptors (Lipinski definition) is 5. The lowest BCUT2D eigenvalue weighted by Crippen LogP contribution is -2.47. The van der Waals surface area contributed by atoms with Crippen molar-refractivity contribution in [2.45, 2.75) is 68.7 Å². The summed E-state index contributed by atoms with van der Waals surface area (Å²) < 4.78 is 38.1. The zero-order chi connectivity index (χ0) is 23.1. The Bertz CT molecular complexity index is 840. The van der Waals surface area contributed by atoms with Gasteiger partial charge in [-0.05, 0) is 62.2 Å². The summed E-state index contributed by atoms with van der Waals surface area (Å²) in [6.45, 7) is 2.88. The summed E-state index contributed by atoms with van der Waals surface area (Å²) in [7, 11) is 0. The Balaban J connectivity index is 0.000000360. The molecule has 5 nitrogen and oxygen atoms in total. The summed E-state index contributed by atoms with van der Waals surface area (Å²) in [5.74, 6) is -2.76. The van der Waals surface area contributed by atoms with Gasteiger partial charge in [-0.25, -0.2) is 4.79 Å². The third-order valence-corrected chi connectivity index (χ3v) is 7.15. The number of aromatic nitrogens is 1. The van der Waals surface area contributed by atoms with Crippen molar-refractivity contribution >= 4 is 17.3 Å². The van der Waals surface area contributed by atoms with E-state index in [1.807, 2.05) is 23.6 Å². The third kappa shape index (κ3) is 6.52. The molecule has 176 valence electrons. The molecule has 2 aliphatic rings. The summed E-state index contributed by atoms with van der Waals surface area (Å²) in [5, 5.41) is 12.9. The summed E-state index contributed by atoms with van der Waals surface area (Å²) >= 11 is 1.82.